The van der Waals surface area contributed by atoms with Crippen LogP contribution in [-0.4, -0.2) is 59.9 Å². The Morgan fingerprint density at radius 3 is 3.17 bits per heavy atom. The van der Waals surface area contributed by atoms with Crippen molar-refractivity contribution in [3.05, 3.63) is 18.2 Å². The molecular formula is C12H19N3O3. The quantitative estimate of drug-likeness (QED) is 0.698. The molecule has 100 valence electrons. The first-order chi connectivity index (χ1) is 8.72. The van der Waals surface area contributed by atoms with E-state index < -0.39 is 0 Å². The van der Waals surface area contributed by atoms with Gasteiger partial charge in [0.1, 0.15) is 11.9 Å². The number of hydrogen-bond acceptors (Lipinski definition) is 5. The molecule has 0 N–H and O–H groups in total. The van der Waals surface area contributed by atoms with Crippen molar-refractivity contribution in [2.24, 2.45) is 7.05 Å². The number of carbonyl (C=O) groups excluding carboxylic acids is 1. The van der Waals surface area contributed by atoms with Gasteiger partial charge in [-0.3, -0.25) is 9.69 Å². The minimum Gasteiger partial charge on any atom is -0.468 e. The molecular weight excluding hydrogens is 234 g/mol. The number of esters is 1. The van der Waals surface area contributed by atoms with Crippen LogP contribution in [0.15, 0.2) is 12.4 Å². The monoisotopic (exact) mass is 253 g/mol. The second kappa shape index (κ2) is 5.97. The van der Waals surface area contributed by atoms with Gasteiger partial charge in [-0.15, -0.1) is 0 Å². The molecule has 6 heteroatoms. The average Bonchev–Trinajstić information content (AvgIpc) is 2.81. The summed E-state index contributed by atoms with van der Waals surface area (Å²) in [4.78, 5) is 18.0. The van der Waals surface area contributed by atoms with Crippen molar-refractivity contribution in [1.82, 2.24) is 14.5 Å². The number of carbonyl (C=O) groups is 1. The van der Waals surface area contributed by atoms with Crippen molar-refractivity contribution < 1.29 is 14.3 Å². The summed E-state index contributed by atoms with van der Waals surface area (Å²) >= 11 is 0. The minimum absolute atomic E-state index is 0.227. The molecule has 0 aromatic carbocycles. The van der Waals surface area contributed by atoms with Crippen LogP contribution in [0.25, 0.3) is 0 Å². The Balaban J connectivity index is 1.93. The van der Waals surface area contributed by atoms with E-state index in [1.165, 1.54) is 7.11 Å². The Hall–Kier alpha value is -1.40. The maximum absolute atomic E-state index is 11.6. The molecule has 2 rings (SSSR count). The Labute approximate surface area is 106 Å². The normalized spacial score (nSPS) is 20.9. The standard InChI is InChI=1S/C12H19N3O3/c1-14-6-4-13-11(14)3-5-15-7-8-18-9-10(15)12(16)17-2/h4,6,10H,3,5,7-9H2,1-2H3. The molecule has 1 saturated heterocycles. The Bertz CT molecular complexity index is 405. The SMILES string of the molecule is COC(=O)C1COCCN1CCc1nccn1C. The number of ether oxygens (including phenoxy) is 2. The second-order valence-corrected chi connectivity index (χ2v) is 4.35. The van der Waals surface area contributed by atoms with E-state index in [-0.39, 0.29) is 12.0 Å². The van der Waals surface area contributed by atoms with Gasteiger partial charge in [0, 0.05) is 39.0 Å². The lowest BCUT2D eigenvalue weighted by molar-refractivity contribution is -0.153. The van der Waals surface area contributed by atoms with Gasteiger partial charge in [0.05, 0.1) is 20.3 Å². The summed E-state index contributed by atoms with van der Waals surface area (Å²) in [6, 6.07) is -0.288. The van der Waals surface area contributed by atoms with Crippen molar-refractivity contribution in [3.63, 3.8) is 0 Å². The number of imidazole rings is 1. The first kappa shape index (κ1) is 13.0. The Morgan fingerprint density at radius 1 is 1.67 bits per heavy atom. The van der Waals surface area contributed by atoms with E-state index in [4.69, 9.17) is 9.47 Å². The van der Waals surface area contributed by atoms with E-state index in [1.807, 2.05) is 17.8 Å². The lowest BCUT2D eigenvalue weighted by Crippen LogP contribution is -2.51. The highest BCUT2D eigenvalue weighted by Gasteiger charge is 2.29. The van der Waals surface area contributed by atoms with Crippen molar-refractivity contribution in [3.8, 4) is 0 Å². The van der Waals surface area contributed by atoms with Crippen LogP contribution < -0.4 is 0 Å². The molecule has 0 spiro atoms. The highest BCUT2D eigenvalue weighted by Crippen LogP contribution is 2.09. The number of rotatable bonds is 4. The molecule has 18 heavy (non-hydrogen) atoms. The van der Waals surface area contributed by atoms with Crippen LogP contribution in [0.3, 0.4) is 0 Å². The van der Waals surface area contributed by atoms with E-state index in [1.54, 1.807) is 6.20 Å². The van der Waals surface area contributed by atoms with Gasteiger partial charge in [-0.05, 0) is 0 Å². The third-order valence-corrected chi connectivity index (χ3v) is 3.26. The average molecular weight is 253 g/mol. The number of aromatic nitrogens is 2. The van der Waals surface area contributed by atoms with Crippen LogP contribution in [0.4, 0.5) is 0 Å². The van der Waals surface area contributed by atoms with Gasteiger partial charge in [0.2, 0.25) is 0 Å². The van der Waals surface area contributed by atoms with Gasteiger partial charge in [0.25, 0.3) is 0 Å². The number of morpholine rings is 1. The van der Waals surface area contributed by atoms with Gasteiger partial charge in [-0.1, -0.05) is 0 Å². The summed E-state index contributed by atoms with van der Waals surface area (Å²) in [5.74, 6) is 0.791. The lowest BCUT2D eigenvalue weighted by Gasteiger charge is -2.33. The van der Waals surface area contributed by atoms with E-state index in [9.17, 15) is 4.79 Å². The number of methoxy groups -OCH3 is 1. The highest BCUT2D eigenvalue weighted by atomic mass is 16.5. The Kier molecular flexibility index (Phi) is 4.33. The predicted octanol–water partition coefficient (Wildman–Crippen LogP) is -0.164. The number of aryl methyl sites for hydroxylation is 1. The van der Waals surface area contributed by atoms with Gasteiger partial charge in [-0.25, -0.2) is 4.98 Å². The molecule has 1 aromatic heterocycles. The highest BCUT2D eigenvalue weighted by molar-refractivity contribution is 5.75. The van der Waals surface area contributed by atoms with Gasteiger partial charge in [-0.2, -0.15) is 0 Å². The fraction of sp³-hybridized carbons (Fsp3) is 0.667. The molecule has 0 amide bonds. The van der Waals surface area contributed by atoms with Gasteiger partial charge < -0.3 is 14.0 Å². The zero-order chi connectivity index (χ0) is 13.0. The second-order valence-electron chi connectivity index (χ2n) is 4.35. The fourth-order valence-electron chi connectivity index (χ4n) is 2.14. The van der Waals surface area contributed by atoms with Crippen molar-refractivity contribution in [1.29, 1.82) is 0 Å². The maximum atomic E-state index is 11.6. The van der Waals surface area contributed by atoms with Crippen molar-refractivity contribution >= 4 is 5.97 Å². The molecule has 1 atom stereocenters. The minimum atomic E-state index is -0.288. The lowest BCUT2D eigenvalue weighted by atomic mass is 10.2. The van der Waals surface area contributed by atoms with Crippen LogP contribution in [-0.2, 0) is 27.7 Å². The van der Waals surface area contributed by atoms with Crippen molar-refractivity contribution in [2.75, 3.05) is 33.4 Å². The van der Waals surface area contributed by atoms with Crippen LogP contribution in [0, 0.1) is 0 Å². The summed E-state index contributed by atoms with van der Waals surface area (Å²) in [5, 5.41) is 0. The van der Waals surface area contributed by atoms with Crippen LogP contribution in [0.5, 0.6) is 0 Å². The number of hydrogen-bond donors (Lipinski definition) is 0. The van der Waals surface area contributed by atoms with E-state index in [0.717, 1.165) is 25.3 Å². The summed E-state index contributed by atoms with van der Waals surface area (Å²) in [6.45, 7) is 2.61. The smallest absolute Gasteiger partial charge is 0.325 e. The van der Waals surface area contributed by atoms with E-state index in [0.29, 0.717) is 13.2 Å². The summed E-state index contributed by atoms with van der Waals surface area (Å²) in [6.07, 6.45) is 4.52. The molecule has 1 aliphatic rings. The number of nitrogens with zero attached hydrogens (tertiary/aromatic N) is 3. The van der Waals surface area contributed by atoms with Gasteiger partial charge >= 0.3 is 5.97 Å². The molecule has 1 aromatic rings. The fourth-order valence-corrected chi connectivity index (χ4v) is 2.14. The maximum Gasteiger partial charge on any atom is 0.325 e. The topological polar surface area (TPSA) is 56.6 Å². The summed E-state index contributed by atoms with van der Waals surface area (Å²) < 4.78 is 12.1. The van der Waals surface area contributed by atoms with Crippen LogP contribution in [0.2, 0.25) is 0 Å². The first-order valence-corrected chi connectivity index (χ1v) is 6.08. The van der Waals surface area contributed by atoms with Crippen LogP contribution >= 0.6 is 0 Å². The summed E-state index contributed by atoms with van der Waals surface area (Å²) in [7, 11) is 3.38. The zero-order valence-electron chi connectivity index (χ0n) is 10.8. The van der Waals surface area contributed by atoms with E-state index >= 15 is 0 Å². The van der Waals surface area contributed by atoms with Crippen LogP contribution in [0.1, 0.15) is 5.82 Å². The Morgan fingerprint density at radius 2 is 2.50 bits per heavy atom. The summed E-state index contributed by atoms with van der Waals surface area (Å²) in [5.41, 5.74) is 0. The molecule has 0 radical (unpaired) electrons. The van der Waals surface area contributed by atoms with E-state index in [2.05, 4.69) is 9.88 Å². The van der Waals surface area contributed by atoms with Crippen molar-refractivity contribution in [2.45, 2.75) is 12.5 Å². The molecule has 6 nitrogen and oxygen atoms in total. The molecule has 0 aliphatic carbocycles. The van der Waals surface area contributed by atoms with Gasteiger partial charge in [0.15, 0.2) is 0 Å². The molecule has 0 saturated carbocycles. The third kappa shape index (κ3) is 2.88. The third-order valence-electron chi connectivity index (χ3n) is 3.26. The zero-order valence-corrected chi connectivity index (χ0v) is 10.8. The molecule has 0 bridgehead atoms. The first-order valence-electron chi connectivity index (χ1n) is 6.08. The molecule has 2 heterocycles. The molecule has 1 aliphatic heterocycles. The predicted molar refractivity (Wildman–Crippen MR) is 65.1 cm³/mol. The molecule has 1 unspecified atom stereocenters. The molecule has 1 fully saturated rings. The largest absolute Gasteiger partial charge is 0.468 e.